The van der Waals surface area contributed by atoms with Gasteiger partial charge in [0, 0.05) is 50.0 Å². The zero-order valence-corrected chi connectivity index (χ0v) is 31.2. The highest BCUT2D eigenvalue weighted by Crippen LogP contribution is 2.39. The number of rotatable bonds is 7. The molecule has 0 aliphatic heterocycles. The van der Waals surface area contributed by atoms with E-state index in [1.54, 1.807) is 0 Å². The van der Waals surface area contributed by atoms with Crippen LogP contribution in [0.25, 0.3) is 77.2 Å². The average molecular weight is 728 g/mol. The van der Waals surface area contributed by atoms with Crippen LogP contribution in [0.3, 0.4) is 0 Å². The van der Waals surface area contributed by atoms with Crippen LogP contribution in [0.2, 0.25) is 0 Å². The van der Waals surface area contributed by atoms with Gasteiger partial charge in [-0.15, -0.1) is 0 Å². The molecule has 0 spiro atoms. The number of hydrogen-bond acceptors (Lipinski definition) is 1. The van der Waals surface area contributed by atoms with Gasteiger partial charge < -0.3 is 14.0 Å². The van der Waals surface area contributed by atoms with E-state index in [-0.39, 0.29) is 0 Å². The predicted molar refractivity (Wildman–Crippen MR) is 241 cm³/mol. The van der Waals surface area contributed by atoms with E-state index in [0.717, 1.165) is 28.4 Å². The smallest absolute Gasteiger partial charge is 0.0541 e. The van der Waals surface area contributed by atoms with Crippen LogP contribution in [0.5, 0.6) is 0 Å². The summed E-state index contributed by atoms with van der Waals surface area (Å²) in [6.45, 7) is 0. The Balaban J connectivity index is 0.949. The second kappa shape index (κ2) is 13.6. The lowest BCUT2D eigenvalue weighted by molar-refractivity contribution is 1.17. The summed E-state index contributed by atoms with van der Waals surface area (Å²) < 4.78 is 4.75. The fraction of sp³-hybridized carbons (Fsp3) is 0. The molecule has 3 heteroatoms. The maximum Gasteiger partial charge on any atom is 0.0541 e. The minimum absolute atomic E-state index is 1.10. The lowest BCUT2D eigenvalue weighted by Gasteiger charge is -2.26. The van der Waals surface area contributed by atoms with E-state index in [1.807, 2.05) is 0 Å². The minimum atomic E-state index is 1.10. The van der Waals surface area contributed by atoms with Gasteiger partial charge in [0.1, 0.15) is 0 Å². The number of nitrogens with zero attached hydrogens (tertiary/aromatic N) is 3. The van der Waals surface area contributed by atoms with Crippen LogP contribution in [0.4, 0.5) is 17.1 Å². The molecule has 0 radical (unpaired) electrons. The number of benzene rings is 9. The molecule has 0 amide bonds. The molecule has 11 rings (SSSR count). The standard InChI is InChI=1S/C54H37N3/c1-3-13-38(14-4-1)39-23-30-45(31-24-39)57-53-22-12-9-19-49(53)50-37-41(27-36-54(50)57)40-25-28-43(29-26-40)55(42-15-5-2-6-16-42)44-32-34-46(35-33-44)56-51-20-10-7-17-47(51)48-18-8-11-21-52(48)56/h1-37H. The van der Waals surface area contributed by atoms with Crippen molar-refractivity contribution >= 4 is 60.7 Å². The molecule has 9 aromatic carbocycles. The van der Waals surface area contributed by atoms with Gasteiger partial charge in [0.2, 0.25) is 0 Å². The van der Waals surface area contributed by atoms with Gasteiger partial charge in [0.25, 0.3) is 0 Å². The zero-order chi connectivity index (χ0) is 37.7. The quantitative estimate of drug-likeness (QED) is 0.159. The highest BCUT2D eigenvalue weighted by atomic mass is 15.1. The maximum atomic E-state index is 2.39. The molecule has 2 aromatic heterocycles. The Hall–Kier alpha value is -7.62. The highest BCUT2D eigenvalue weighted by molar-refractivity contribution is 6.11. The van der Waals surface area contributed by atoms with Crippen LogP contribution in [-0.4, -0.2) is 9.13 Å². The molecule has 268 valence electrons. The summed E-state index contributed by atoms with van der Waals surface area (Å²) in [6, 6.07) is 81.0. The topological polar surface area (TPSA) is 13.1 Å². The van der Waals surface area contributed by atoms with Crippen molar-refractivity contribution in [3.8, 4) is 33.6 Å². The third-order valence-corrected chi connectivity index (χ3v) is 11.3. The van der Waals surface area contributed by atoms with Crippen LogP contribution in [0.15, 0.2) is 224 Å². The molecule has 57 heavy (non-hydrogen) atoms. The number of para-hydroxylation sites is 4. The number of anilines is 3. The Labute approximate surface area is 331 Å². The Morgan fingerprint density at radius 2 is 0.596 bits per heavy atom. The Kier molecular flexibility index (Phi) is 7.82. The van der Waals surface area contributed by atoms with E-state index >= 15 is 0 Å². The van der Waals surface area contributed by atoms with E-state index in [4.69, 9.17) is 0 Å². The van der Waals surface area contributed by atoms with E-state index in [0.29, 0.717) is 0 Å². The normalized spacial score (nSPS) is 11.5. The summed E-state index contributed by atoms with van der Waals surface area (Å²) in [4.78, 5) is 2.33. The van der Waals surface area contributed by atoms with Crippen molar-refractivity contribution in [2.24, 2.45) is 0 Å². The van der Waals surface area contributed by atoms with Gasteiger partial charge in [-0.05, 0) is 113 Å². The van der Waals surface area contributed by atoms with Crippen molar-refractivity contribution in [1.29, 1.82) is 0 Å². The third-order valence-electron chi connectivity index (χ3n) is 11.3. The molecule has 0 fully saturated rings. The molecule has 3 nitrogen and oxygen atoms in total. The molecule has 0 N–H and O–H groups in total. The largest absolute Gasteiger partial charge is 0.311 e. The van der Waals surface area contributed by atoms with E-state index in [9.17, 15) is 0 Å². The number of hydrogen-bond donors (Lipinski definition) is 0. The summed E-state index contributed by atoms with van der Waals surface area (Å²) in [7, 11) is 0. The van der Waals surface area contributed by atoms with Crippen molar-refractivity contribution in [3.05, 3.63) is 224 Å². The molecular formula is C54H37N3. The summed E-state index contributed by atoms with van der Waals surface area (Å²) >= 11 is 0. The zero-order valence-electron chi connectivity index (χ0n) is 31.2. The van der Waals surface area contributed by atoms with Gasteiger partial charge in [0.15, 0.2) is 0 Å². The number of aromatic nitrogens is 2. The second-order valence-corrected chi connectivity index (χ2v) is 14.6. The fourth-order valence-corrected chi connectivity index (χ4v) is 8.64. The summed E-state index contributed by atoms with van der Waals surface area (Å²) in [5.74, 6) is 0. The van der Waals surface area contributed by atoms with Gasteiger partial charge in [-0.3, -0.25) is 0 Å². The van der Waals surface area contributed by atoms with Crippen LogP contribution in [0, 0.1) is 0 Å². The van der Waals surface area contributed by atoms with Crippen LogP contribution in [0.1, 0.15) is 0 Å². The monoisotopic (exact) mass is 727 g/mol. The van der Waals surface area contributed by atoms with Crippen molar-refractivity contribution in [3.63, 3.8) is 0 Å². The first-order chi connectivity index (χ1) is 28.3. The highest BCUT2D eigenvalue weighted by Gasteiger charge is 2.17. The SMILES string of the molecule is c1ccc(-c2ccc(-n3c4ccccc4c4cc(-c5ccc(N(c6ccccc6)c6ccc(-n7c8ccccc8c8ccccc87)cc6)cc5)ccc43)cc2)cc1. The van der Waals surface area contributed by atoms with Crippen molar-refractivity contribution < 1.29 is 0 Å². The molecule has 2 heterocycles. The van der Waals surface area contributed by atoms with Gasteiger partial charge >= 0.3 is 0 Å². The number of fused-ring (bicyclic) bond motifs is 6. The minimum Gasteiger partial charge on any atom is -0.311 e. The average Bonchev–Trinajstić information content (AvgIpc) is 3.80. The van der Waals surface area contributed by atoms with Crippen molar-refractivity contribution in [1.82, 2.24) is 9.13 Å². The Morgan fingerprint density at radius 3 is 1.16 bits per heavy atom. The molecule has 0 aliphatic rings. The van der Waals surface area contributed by atoms with Crippen molar-refractivity contribution in [2.75, 3.05) is 4.90 Å². The van der Waals surface area contributed by atoms with E-state index in [2.05, 4.69) is 238 Å². The Bertz CT molecular complexity index is 3140. The van der Waals surface area contributed by atoms with E-state index < -0.39 is 0 Å². The Morgan fingerprint density at radius 1 is 0.246 bits per heavy atom. The maximum absolute atomic E-state index is 2.39. The molecular weight excluding hydrogens is 691 g/mol. The molecule has 0 aliphatic carbocycles. The van der Waals surface area contributed by atoms with Gasteiger partial charge in [-0.2, -0.15) is 0 Å². The lowest BCUT2D eigenvalue weighted by atomic mass is 10.0. The predicted octanol–water partition coefficient (Wildman–Crippen LogP) is 14.7. The molecule has 0 atom stereocenters. The van der Waals surface area contributed by atoms with Crippen LogP contribution in [-0.2, 0) is 0 Å². The summed E-state index contributed by atoms with van der Waals surface area (Å²) in [5.41, 5.74) is 15.2. The van der Waals surface area contributed by atoms with Gasteiger partial charge in [-0.25, -0.2) is 0 Å². The molecule has 0 saturated carbocycles. The molecule has 0 saturated heterocycles. The van der Waals surface area contributed by atoms with Gasteiger partial charge in [-0.1, -0.05) is 133 Å². The third kappa shape index (κ3) is 5.60. The summed E-state index contributed by atoms with van der Waals surface area (Å²) in [6.07, 6.45) is 0. The fourth-order valence-electron chi connectivity index (χ4n) is 8.64. The lowest BCUT2D eigenvalue weighted by Crippen LogP contribution is -2.10. The first-order valence-corrected chi connectivity index (χ1v) is 19.5. The van der Waals surface area contributed by atoms with E-state index in [1.165, 1.54) is 65.9 Å². The molecule has 11 aromatic rings. The summed E-state index contributed by atoms with van der Waals surface area (Å²) in [5, 5.41) is 5.02. The van der Waals surface area contributed by atoms with Crippen LogP contribution < -0.4 is 4.90 Å². The molecule has 0 unspecified atom stereocenters. The van der Waals surface area contributed by atoms with Crippen LogP contribution >= 0.6 is 0 Å². The second-order valence-electron chi connectivity index (χ2n) is 14.6. The van der Waals surface area contributed by atoms with Gasteiger partial charge in [0.05, 0.1) is 22.1 Å². The first kappa shape index (κ1) is 32.8. The van der Waals surface area contributed by atoms with Crippen molar-refractivity contribution in [2.45, 2.75) is 0 Å². The first-order valence-electron chi connectivity index (χ1n) is 19.5. The molecule has 0 bridgehead atoms.